The Labute approximate surface area is 688 Å². The molecule has 0 unspecified atom stereocenters. The Morgan fingerprint density at radius 1 is 0.314 bits per heavy atom. The second-order valence-electron chi connectivity index (χ2n) is 29.4. The molecule has 0 aromatic heterocycles. The summed E-state index contributed by atoms with van der Waals surface area (Å²) in [5.41, 5.74) is 2.80. The number of nitrogens with zero attached hydrogens (tertiary/aromatic N) is 3. The van der Waals surface area contributed by atoms with Gasteiger partial charge in [-0.3, -0.25) is 14.7 Å². The second-order valence-corrected chi connectivity index (χ2v) is 29.4. The van der Waals surface area contributed by atoms with Gasteiger partial charge in [-0.1, -0.05) is 145 Å². The van der Waals surface area contributed by atoms with E-state index in [0.29, 0.717) is 88.3 Å². The number of nitrogens with one attached hydrogen (secondary N) is 3. The molecule has 0 radical (unpaired) electrons. The summed E-state index contributed by atoms with van der Waals surface area (Å²) in [7, 11) is 0. The van der Waals surface area contributed by atoms with Crippen molar-refractivity contribution >= 4 is 17.9 Å². The Bertz CT molecular complexity index is 4850. The molecule has 12 nitrogen and oxygen atoms in total. The van der Waals surface area contributed by atoms with Crippen molar-refractivity contribution in [3.63, 3.8) is 0 Å². The quantitative estimate of drug-likeness (QED) is 0.0168. The van der Waals surface area contributed by atoms with Crippen molar-refractivity contribution in [3.05, 3.63) is 352 Å². The van der Waals surface area contributed by atoms with Gasteiger partial charge in [0, 0.05) is 72.0 Å². The molecule has 10 aromatic rings. The first-order chi connectivity index (χ1) is 56.8. The molecular weight excluding hydrogens is 1620 g/mol. The maximum absolute atomic E-state index is 13.5. The average molecular weight is 1710 g/mol. The first kappa shape index (κ1) is 95.6. The molecule has 0 heterocycles. The van der Waals surface area contributed by atoms with E-state index >= 15 is 0 Å². The second kappa shape index (κ2) is 43.1. The molecule has 0 spiro atoms. The average Bonchev–Trinajstić information content (AvgIpc) is 0.808. The number of alkyl halides is 18. The summed E-state index contributed by atoms with van der Waals surface area (Å²) in [6.07, 6.45) is -27.9. The minimum absolute atomic E-state index is 0.0695. The molecule has 0 aliphatic carbocycles. The Hall–Kier alpha value is -10.9. The van der Waals surface area contributed by atoms with E-state index in [0.717, 1.165) is 69.8 Å². The van der Waals surface area contributed by atoms with Crippen LogP contribution in [0.2, 0.25) is 0 Å². The molecule has 0 bridgehead atoms. The van der Waals surface area contributed by atoms with Crippen molar-refractivity contribution in [3.8, 4) is 0 Å². The molecule has 0 aliphatic rings. The van der Waals surface area contributed by atoms with Gasteiger partial charge in [0.05, 0.1) is 56.1 Å². The third-order valence-electron chi connectivity index (χ3n) is 19.5. The maximum Gasteiger partial charge on any atom is 0.416 e. The van der Waals surface area contributed by atoms with Crippen molar-refractivity contribution in [1.82, 2.24) is 30.7 Å². The fourth-order valence-electron chi connectivity index (χ4n) is 13.5. The molecule has 10 aromatic carbocycles. The number of hydrogen-bond donors (Lipinski definition) is 6. The Morgan fingerprint density at radius 2 is 0.603 bits per heavy atom. The van der Waals surface area contributed by atoms with Crippen LogP contribution in [0.1, 0.15) is 168 Å². The molecule has 0 saturated carbocycles. The standard InChI is InChI=1S/C33H30F6N2O2.2C29H30F6N2O2/c34-32(35,36)28-18-24(19-29(20-28)33(37,38)39)22-41(21-23-12-14-27(15-13-23)31(42)43)17-7-16-40-30(25-8-3-1-4-9-25)26-10-5-2-6-11-26;1-19-10-20(2)12-22(11-19)16-36-8-3-9-37(17-21-4-6-24(7-5-21)27(38)39)18-23-13-25(28(30,31)32)15-26(14-23)29(33,34)35;1-19-5-3-6-24(20(19)2)16-36-11-4-12-37(17-21-7-9-23(10-8-21)27(38)39)18-22-13-25(28(30,31)32)15-26(14-22)29(33,34)35/h1-6,8-15,18-20,30,40H,7,16-17,21-22H2,(H,42,43);4-7,10-15,36H,3,8-9,16-18H2,1-2H3,(H,38,39);3,5-10,13-15,36H,4,11-12,16-18H2,1-2H3,(H,38,39). The number of aryl methyl sites for hydroxylation is 3. The summed E-state index contributed by atoms with van der Waals surface area (Å²) >= 11 is 0. The summed E-state index contributed by atoms with van der Waals surface area (Å²) in [5, 5.41) is 37.6. The lowest BCUT2D eigenvalue weighted by atomic mass is 9.98. The van der Waals surface area contributed by atoms with E-state index in [1.807, 2.05) is 107 Å². The fraction of sp³-hybridized carbons (Fsp3) is 0.308. The van der Waals surface area contributed by atoms with Crippen LogP contribution < -0.4 is 16.0 Å². The zero-order valence-corrected chi connectivity index (χ0v) is 66.2. The highest BCUT2D eigenvalue weighted by atomic mass is 19.4. The lowest BCUT2D eigenvalue weighted by Gasteiger charge is -2.25. The summed E-state index contributed by atoms with van der Waals surface area (Å²) in [4.78, 5) is 38.8. The van der Waals surface area contributed by atoms with Crippen molar-refractivity contribution in [2.45, 2.75) is 142 Å². The molecule has 121 heavy (non-hydrogen) atoms. The molecule has 6 N–H and O–H groups in total. The summed E-state index contributed by atoms with van der Waals surface area (Å²) < 4.78 is 241. The Kier molecular flexibility index (Phi) is 34.0. The molecule has 0 saturated heterocycles. The molecule has 0 atom stereocenters. The van der Waals surface area contributed by atoms with Crippen molar-refractivity contribution in [2.75, 3.05) is 39.3 Å². The van der Waals surface area contributed by atoms with Crippen LogP contribution in [-0.2, 0) is 89.4 Å². The van der Waals surface area contributed by atoms with Gasteiger partial charge in [-0.15, -0.1) is 0 Å². The molecule has 0 amide bonds. The van der Waals surface area contributed by atoms with Gasteiger partial charge in [0.15, 0.2) is 0 Å². The van der Waals surface area contributed by atoms with E-state index in [9.17, 15) is 98.5 Å². The van der Waals surface area contributed by atoms with Gasteiger partial charge >= 0.3 is 55.0 Å². The first-order valence-corrected chi connectivity index (χ1v) is 38.2. The molecule has 0 aliphatic heterocycles. The molecule has 0 fully saturated rings. The zero-order chi connectivity index (χ0) is 88.6. The van der Waals surface area contributed by atoms with Gasteiger partial charge < -0.3 is 31.3 Å². The fourth-order valence-corrected chi connectivity index (χ4v) is 13.5. The van der Waals surface area contributed by atoms with Gasteiger partial charge in [0.25, 0.3) is 0 Å². The van der Waals surface area contributed by atoms with Crippen molar-refractivity contribution in [1.29, 1.82) is 0 Å². The Morgan fingerprint density at radius 3 is 0.901 bits per heavy atom. The van der Waals surface area contributed by atoms with E-state index in [1.165, 1.54) is 47.5 Å². The van der Waals surface area contributed by atoms with E-state index in [2.05, 4.69) is 34.1 Å². The van der Waals surface area contributed by atoms with Crippen LogP contribution in [0.15, 0.2) is 224 Å². The third kappa shape index (κ3) is 31.3. The van der Waals surface area contributed by atoms with Crippen LogP contribution >= 0.6 is 0 Å². The monoisotopic (exact) mass is 1700 g/mol. The molecule has 646 valence electrons. The van der Waals surface area contributed by atoms with Crippen LogP contribution in [0.4, 0.5) is 79.0 Å². The van der Waals surface area contributed by atoms with E-state index in [1.54, 1.807) is 51.1 Å². The van der Waals surface area contributed by atoms with Crippen molar-refractivity contribution < 1.29 is 109 Å². The number of carboxylic acid groups (broad SMARTS) is 3. The van der Waals surface area contributed by atoms with Crippen LogP contribution in [0.5, 0.6) is 0 Å². The number of carbonyl (C=O) groups is 3. The smallest absolute Gasteiger partial charge is 0.416 e. The highest BCUT2D eigenvalue weighted by Gasteiger charge is 2.40. The van der Waals surface area contributed by atoms with E-state index < -0.39 is 88.3 Å². The van der Waals surface area contributed by atoms with Crippen LogP contribution in [-0.4, -0.2) is 87.2 Å². The first-order valence-electron chi connectivity index (χ1n) is 38.2. The van der Waals surface area contributed by atoms with Gasteiger partial charge in [-0.2, -0.15) is 79.0 Å². The number of rotatable bonds is 34. The number of carboxylic acids is 3. The number of benzene rings is 10. The van der Waals surface area contributed by atoms with Crippen molar-refractivity contribution in [2.24, 2.45) is 0 Å². The largest absolute Gasteiger partial charge is 0.478 e. The third-order valence-corrected chi connectivity index (χ3v) is 19.5. The predicted molar refractivity (Wildman–Crippen MR) is 424 cm³/mol. The van der Waals surface area contributed by atoms with Gasteiger partial charge in [-0.25, -0.2) is 14.4 Å². The SMILES string of the molecule is Cc1cc(C)cc(CNCCCN(Cc2ccc(C(=O)O)cc2)Cc2cc(C(F)(F)F)cc(C(F)(F)F)c2)c1.Cc1cccc(CNCCCN(Cc2ccc(C(=O)O)cc2)Cc2cc(C(F)(F)F)cc(C(F)(F)F)c2)c1C.O=C(O)c1ccc(CN(CCCNC(c2ccccc2)c2ccccc2)Cc2cc(C(F)(F)F)cc(C(F)(F)F)c2)cc1. The van der Waals surface area contributed by atoms with Gasteiger partial charge in [-0.05, 0) is 224 Å². The minimum Gasteiger partial charge on any atom is -0.478 e. The van der Waals surface area contributed by atoms with Crippen LogP contribution in [0, 0.1) is 27.7 Å². The Balaban J connectivity index is 0.000000226. The normalized spacial score (nSPS) is 12.2. The molecular formula is C91H90F18N6O6. The molecule has 10 rings (SSSR count). The minimum atomic E-state index is -4.94. The highest BCUT2D eigenvalue weighted by Crippen LogP contribution is 2.41. The zero-order valence-electron chi connectivity index (χ0n) is 66.2. The maximum atomic E-state index is 13.5. The number of hydrogen-bond acceptors (Lipinski definition) is 9. The summed E-state index contributed by atoms with van der Waals surface area (Å²) in [6, 6.07) is 54.5. The topological polar surface area (TPSA) is 158 Å². The summed E-state index contributed by atoms with van der Waals surface area (Å²) in [6.45, 7) is 12.3. The summed E-state index contributed by atoms with van der Waals surface area (Å²) in [5.74, 6) is -3.31. The lowest BCUT2D eigenvalue weighted by Crippen LogP contribution is -2.29. The lowest BCUT2D eigenvalue weighted by molar-refractivity contribution is -0.144. The van der Waals surface area contributed by atoms with E-state index in [4.69, 9.17) is 10.2 Å². The number of aromatic carboxylic acids is 3. The van der Waals surface area contributed by atoms with Gasteiger partial charge in [0.2, 0.25) is 0 Å². The highest BCUT2D eigenvalue weighted by molar-refractivity contribution is 5.88. The number of halogens is 18. The van der Waals surface area contributed by atoms with E-state index in [-0.39, 0.29) is 96.9 Å². The van der Waals surface area contributed by atoms with Crippen LogP contribution in [0.3, 0.4) is 0 Å². The predicted octanol–water partition coefficient (Wildman–Crippen LogP) is 22.6. The van der Waals surface area contributed by atoms with Crippen LogP contribution in [0.25, 0.3) is 0 Å². The molecule has 30 heteroatoms. The van der Waals surface area contributed by atoms with Gasteiger partial charge in [0.1, 0.15) is 0 Å².